The molecule has 0 aliphatic heterocycles. The molecule has 0 bridgehead atoms. The summed E-state index contributed by atoms with van der Waals surface area (Å²) in [6.07, 6.45) is 1.02. The van der Waals surface area contributed by atoms with Gasteiger partial charge in [-0.15, -0.1) is 0 Å². The molecule has 0 aromatic heterocycles. The van der Waals surface area contributed by atoms with Gasteiger partial charge in [-0.25, -0.2) is 8.78 Å². The van der Waals surface area contributed by atoms with Crippen molar-refractivity contribution in [2.24, 2.45) is 0 Å². The number of nitriles is 1. The number of allylic oxidation sites excluding steroid dienone is 1. The quantitative estimate of drug-likeness (QED) is 0.490. The standard InChI is InChI=1S/C17H11F2NO2/c1-22-15-8-3-2-6-13(15)17(21)12(10-20)9-11-5-4-7-14(18)16(11)19/h2-9H,1H3. The average Bonchev–Trinajstić information content (AvgIpc) is 2.55. The van der Waals surface area contributed by atoms with Gasteiger partial charge in [-0.2, -0.15) is 5.26 Å². The highest BCUT2D eigenvalue weighted by Gasteiger charge is 2.17. The largest absolute Gasteiger partial charge is 0.496 e. The van der Waals surface area contributed by atoms with Crippen molar-refractivity contribution in [1.29, 1.82) is 5.26 Å². The molecule has 2 rings (SSSR count). The number of ether oxygens (including phenoxy) is 1. The van der Waals surface area contributed by atoms with Crippen molar-refractivity contribution in [2.45, 2.75) is 0 Å². The lowest BCUT2D eigenvalue weighted by atomic mass is 10.0. The molecule has 0 amide bonds. The predicted octanol–water partition coefficient (Wildman–Crippen LogP) is 3.76. The number of hydrogen-bond donors (Lipinski definition) is 0. The Morgan fingerprint density at radius 2 is 1.91 bits per heavy atom. The third kappa shape index (κ3) is 3.01. The van der Waals surface area contributed by atoms with Gasteiger partial charge in [-0.1, -0.05) is 24.3 Å². The van der Waals surface area contributed by atoms with Crippen LogP contribution in [-0.2, 0) is 0 Å². The first kappa shape index (κ1) is 15.4. The van der Waals surface area contributed by atoms with E-state index in [0.717, 1.165) is 12.1 Å². The number of carbonyl (C=O) groups excluding carboxylic acids is 1. The number of carbonyl (C=O) groups is 1. The number of Topliss-reactive ketones (excluding diaryl/α,β-unsaturated/α-hetero) is 1. The van der Waals surface area contributed by atoms with E-state index in [-0.39, 0.29) is 16.7 Å². The van der Waals surface area contributed by atoms with Crippen molar-refractivity contribution in [3.63, 3.8) is 0 Å². The zero-order valence-corrected chi connectivity index (χ0v) is 11.6. The van der Waals surface area contributed by atoms with Gasteiger partial charge in [-0.05, 0) is 24.3 Å². The van der Waals surface area contributed by atoms with Crippen molar-refractivity contribution >= 4 is 11.9 Å². The molecule has 0 fully saturated rings. The van der Waals surface area contributed by atoms with Gasteiger partial charge in [0.05, 0.1) is 12.7 Å². The van der Waals surface area contributed by atoms with E-state index >= 15 is 0 Å². The first-order valence-electron chi connectivity index (χ1n) is 6.32. The molecular weight excluding hydrogens is 288 g/mol. The fourth-order valence-corrected chi connectivity index (χ4v) is 1.91. The maximum absolute atomic E-state index is 13.6. The molecule has 2 aromatic rings. The van der Waals surface area contributed by atoms with Crippen LogP contribution in [0.1, 0.15) is 15.9 Å². The highest BCUT2D eigenvalue weighted by atomic mass is 19.2. The molecule has 0 radical (unpaired) electrons. The minimum Gasteiger partial charge on any atom is -0.496 e. The van der Waals surface area contributed by atoms with Gasteiger partial charge in [0.2, 0.25) is 5.78 Å². The van der Waals surface area contributed by atoms with E-state index in [1.807, 2.05) is 0 Å². The number of hydrogen-bond acceptors (Lipinski definition) is 3. The number of rotatable bonds is 4. The van der Waals surface area contributed by atoms with Crippen molar-refractivity contribution in [3.05, 3.63) is 70.8 Å². The first-order valence-corrected chi connectivity index (χ1v) is 6.32. The minimum atomic E-state index is -1.11. The van der Waals surface area contributed by atoms with Gasteiger partial charge in [0.15, 0.2) is 11.6 Å². The lowest BCUT2D eigenvalue weighted by Crippen LogP contribution is -2.04. The molecule has 5 heteroatoms. The summed E-state index contributed by atoms with van der Waals surface area (Å²) < 4.78 is 31.9. The number of nitrogens with zero attached hydrogens (tertiary/aromatic N) is 1. The summed E-state index contributed by atoms with van der Waals surface area (Å²) in [6, 6.07) is 11.6. The molecule has 0 saturated carbocycles. The molecule has 0 spiro atoms. The van der Waals surface area contributed by atoms with Crippen LogP contribution in [0.25, 0.3) is 6.08 Å². The highest BCUT2D eigenvalue weighted by molar-refractivity contribution is 6.15. The van der Waals surface area contributed by atoms with Crippen LogP contribution < -0.4 is 4.74 Å². The lowest BCUT2D eigenvalue weighted by Gasteiger charge is -2.06. The molecule has 110 valence electrons. The SMILES string of the molecule is COc1ccccc1C(=O)C(C#N)=Cc1cccc(F)c1F. The van der Waals surface area contributed by atoms with E-state index in [2.05, 4.69) is 0 Å². The highest BCUT2D eigenvalue weighted by Crippen LogP contribution is 2.22. The summed E-state index contributed by atoms with van der Waals surface area (Å²) in [6.45, 7) is 0. The van der Waals surface area contributed by atoms with E-state index in [9.17, 15) is 13.6 Å². The smallest absolute Gasteiger partial charge is 0.207 e. The third-order valence-electron chi connectivity index (χ3n) is 3.00. The minimum absolute atomic E-state index is 0.167. The Bertz CT molecular complexity index is 791. The Labute approximate surface area is 126 Å². The van der Waals surface area contributed by atoms with Crippen molar-refractivity contribution in [2.75, 3.05) is 7.11 Å². The van der Waals surface area contributed by atoms with Gasteiger partial charge in [0.25, 0.3) is 0 Å². The summed E-state index contributed by atoms with van der Waals surface area (Å²) >= 11 is 0. The molecule has 0 heterocycles. The van der Waals surface area contributed by atoms with Crippen LogP contribution in [0.5, 0.6) is 5.75 Å². The van der Waals surface area contributed by atoms with Crippen LogP contribution in [0.3, 0.4) is 0 Å². The predicted molar refractivity (Wildman–Crippen MR) is 77.3 cm³/mol. The van der Waals surface area contributed by atoms with E-state index in [4.69, 9.17) is 10.00 Å². The maximum Gasteiger partial charge on any atom is 0.207 e. The molecular formula is C17H11F2NO2. The Morgan fingerprint density at radius 1 is 1.18 bits per heavy atom. The molecule has 0 N–H and O–H groups in total. The van der Waals surface area contributed by atoms with Crippen LogP contribution >= 0.6 is 0 Å². The zero-order chi connectivity index (χ0) is 16.1. The Kier molecular flexibility index (Phi) is 4.64. The molecule has 0 saturated heterocycles. The van der Waals surface area contributed by atoms with E-state index in [1.54, 1.807) is 24.3 Å². The number of ketones is 1. The normalized spacial score (nSPS) is 10.9. The molecule has 0 unspecified atom stereocenters. The number of methoxy groups -OCH3 is 1. The molecule has 0 atom stereocenters. The number of benzene rings is 2. The number of para-hydroxylation sites is 1. The molecule has 3 nitrogen and oxygen atoms in total. The van der Waals surface area contributed by atoms with Gasteiger partial charge < -0.3 is 4.74 Å². The summed E-state index contributed by atoms with van der Waals surface area (Å²) in [4.78, 5) is 12.4. The summed E-state index contributed by atoms with van der Waals surface area (Å²) in [5, 5.41) is 9.15. The number of halogens is 2. The second-order valence-corrected chi connectivity index (χ2v) is 4.34. The van der Waals surface area contributed by atoms with Crippen molar-refractivity contribution < 1.29 is 18.3 Å². The van der Waals surface area contributed by atoms with Crippen LogP contribution in [0.15, 0.2) is 48.0 Å². The van der Waals surface area contributed by atoms with Crippen LogP contribution in [0.2, 0.25) is 0 Å². The summed E-state index contributed by atoms with van der Waals surface area (Å²) in [7, 11) is 1.40. The summed E-state index contributed by atoms with van der Waals surface area (Å²) in [5.74, 6) is -2.48. The molecule has 22 heavy (non-hydrogen) atoms. The maximum atomic E-state index is 13.6. The van der Waals surface area contributed by atoms with E-state index < -0.39 is 17.4 Å². The molecule has 2 aromatic carbocycles. The fourth-order valence-electron chi connectivity index (χ4n) is 1.91. The van der Waals surface area contributed by atoms with Gasteiger partial charge >= 0.3 is 0 Å². The van der Waals surface area contributed by atoms with Crippen molar-refractivity contribution in [3.8, 4) is 11.8 Å². The fraction of sp³-hybridized carbons (Fsp3) is 0.0588. The second-order valence-electron chi connectivity index (χ2n) is 4.34. The van der Waals surface area contributed by atoms with Gasteiger partial charge in [0, 0.05) is 5.56 Å². The average molecular weight is 299 g/mol. The monoisotopic (exact) mass is 299 g/mol. The third-order valence-corrected chi connectivity index (χ3v) is 3.00. The van der Waals surface area contributed by atoms with Crippen LogP contribution in [0, 0.1) is 23.0 Å². The Hall–Kier alpha value is -3.00. The van der Waals surface area contributed by atoms with Crippen molar-refractivity contribution in [1.82, 2.24) is 0 Å². The molecule has 0 aliphatic carbocycles. The van der Waals surface area contributed by atoms with Gasteiger partial charge in [-0.3, -0.25) is 4.79 Å². The Morgan fingerprint density at radius 3 is 2.59 bits per heavy atom. The van der Waals surface area contributed by atoms with E-state index in [0.29, 0.717) is 5.75 Å². The summed E-state index contributed by atoms with van der Waals surface area (Å²) in [5.41, 5.74) is -0.302. The van der Waals surface area contributed by atoms with Crippen LogP contribution in [-0.4, -0.2) is 12.9 Å². The Balaban J connectivity index is 2.48. The molecule has 0 aliphatic rings. The first-order chi connectivity index (χ1) is 10.6. The van der Waals surface area contributed by atoms with E-state index in [1.165, 1.54) is 25.3 Å². The van der Waals surface area contributed by atoms with Gasteiger partial charge in [0.1, 0.15) is 17.4 Å². The lowest BCUT2D eigenvalue weighted by molar-refractivity contribution is 0.103. The topological polar surface area (TPSA) is 50.1 Å². The van der Waals surface area contributed by atoms with Crippen LogP contribution in [0.4, 0.5) is 8.78 Å². The zero-order valence-electron chi connectivity index (χ0n) is 11.6. The second kappa shape index (κ2) is 6.64.